The zero-order valence-electron chi connectivity index (χ0n) is 14.4. The van der Waals surface area contributed by atoms with Crippen LogP contribution in [0.3, 0.4) is 0 Å². The Morgan fingerprint density at radius 1 is 1.17 bits per heavy atom. The molecule has 24 heavy (non-hydrogen) atoms. The van der Waals surface area contributed by atoms with Crippen LogP contribution in [0.25, 0.3) is 0 Å². The number of nitrogens with zero attached hydrogens (tertiary/aromatic N) is 1. The molecule has 7 nitrogen and oxygen atoms in total. The van der Waals surface area contributed by atoms with E-state index in [0.717, 1.165) is 0 Å². The zero-order chi connectivity index (χ0) is 18.1. The number of hydrazone groups is 1. The molecule has 2 amide bonds. The highest BCUT2D eigenvalue weighted by Crippen LogP contribution is 2.10. The average Bonchev–Trinajstić information content (AvgIpc) is 2.59. The molecule has 130 valence electrons. The Morgan fingerprint density at radius 3 is 2.33 bits per heavy atom. The first-order chi connectivity index (χ1) is 11.4. The average molecular weight is 333 g/mol. The van der Waals surface area contributed by atoms with Gasteiger partial charge in [0.15, 0.2) is 0 Å². The third-order valence-electron chi connectivity index (χ3n) is 3.35. The first-order valence-corrected chi connectivity index (χ1v) is 7.80. The molecule has 0 saturated heterocycles. The Balaban J connectivity index is 2.66. The van der Waals surface area contributed by atoms with Crippen LogP contribution in [0.5, 0.6) is 0 Å². The fourth-order valence-electron chi connectivity index (χ4n) is 1.69. The van der Waals surface area contributed by atoms with E-state index in [1.165, 1.54) is 0 Å². The molecule has 0 radical (unpaired) electrons. The van der Waals surface area contributed by atoms with Crippen molar-refractivity contribution in [2.45, 2.75) is 34.1 Å². The highest BCUT2D eigenvalue weighted by atomic mass is 16.5. The van der Waals surface area contributed by atoms with E-state index in [9.17, 15) is 14.4 Å². The number of carbonyl (C=O) groups is 3. The van der Waals surface area contributed by atoms with Gasteiger partial charge in [-0.3, -0.25) is 14.4 Å². The summed E-state index contributed by atoms with van der Waals surface area (Å²) in [5, 5.41) is 6.63. The van der Waals surface area contributed by atoms with Gasteiger partial charge in [0, 0.05) is 23.4 Å². The normalized spacial score (nSPS) is 12.2. The highest BCUT2D eigenvalue weighted by Gasteiger charge is 2.17. The molecule has 0 saturated carbocycles. The molecule has 1 atom stereocenters. The predicted molar refractivity (Wildman–Crippen MR) is 91.7 cm³/mol. The van der Waals surface area contributed by atoms with Gasteiger partial charge in [-0.05, 0) is 45.0 Å². The third-order valence-corrected chi connectivity index (χ3v) is 3.35. The van der Waals surface area contributed by atoms with Crippen molar-refractivity contribution in [3.8, 4) is 0 Å². The minimum absolute atomic E-state index is 0.0969. The van der Waals surface area contributed by atoms with Crippen LogP contribution in [0.1, 0.15) is 44.5 Å². The number of carbonyl (C=O) groups excluding carboxylic acids is 3. The molecule has 0 heterocycles. The van der Waals surface area contributed by atoms with Crippen molar-refractivity contribution in [3.05, 3.63) is 29.8 Å². The molecule has 0 aromatic heterocycles. The molecule has 0 spiro atoms. The summed E-state index contributed by atoms with van der Waals surface area (Å²) < 4.78 is 4.90. The van der Waals surface area contributed by atoms with Crippen molar-refractivity contribution >= 4 is 29.2 Å². The summed E-state index contributed by atoms with van der Waals surface area (Å²) in [6.45, 7) is 7.09. The van der Waals surface area contributed by atoms with E-state index in [1.54, 1.807) is 52.0 Å². The van der Waals surface area contributed by atoms with Gasteiger partial charge in [-0.25, -0.2) is 5.43 Å². The number of benzene rings is 1. The van der Waals surface area contributed by atoms with Crippen molar-refractivity contribution in [2.24, 2.45) is 11.0 Å². The summed E-state index contributed by atoms with van der Waals surface area (Å²) in [5.41, 5.74) is 3.87. The van der Waals surface area contributed by atoms with Crippen molar-refractivity contribution in [1.29, 1.82) is 0 Å². The number of ether oxygens (including phenoxy) is 1. The van der Waals surface area contributed by atoms with Gasteiger partial charge in [0.05, 0.1) is 12.5 Å². The van der Waals surface area contributed by atoms with Gasteiger partial charge in [-0.1, -0.05) is 6.92 Å². The van der Waals surface area contributed by atoms with Gasteiger partial charge in [-0.2, -0.15) is 5.10 Å². The monoisotopic (exact) mass is 333 g/mol. The van der Waals surface area contributed by atoms with Crippen molar-refractivity contribution in [2.75, 3.05) is 11.9 Å². The minimum atomic E-state index is -0.531. The summed E-state index contributed by atoms with van der Waals surface area (Å²) in [6, 6.07) is 6.45. The quantitative estimate of drug-likeness (QED) is 0.455. The van der Waals surface area contributed by atoms with E-state index in [2.05, 4.69) is 15.8 Å². The van der Waals surface area contributed by atoms with Gasteiger partial charge in [0.25, 0.3) is 5.91 Å². The minimum Gasteiger partial charge on any atom is -0.465 e. The Morgan fingerprint density at radius 2 is 1.79 bits per heavy atom. The van der Waals surface area contributed by atoms with Crippen LogP contribution in [0.4, 0.5) is 5.69 Å². The molecular formula is C17H23N3O4. The summed E-state index contributed by atoms with van der Waals surface area (Å²) in [7, 11) is 0. The van der Waals surface area contributed by atoms with Crippen LogP contribution >= 0.6 is 0 Å². The standard InChI is InChI=1S/C17H23N3O4/c1-5-15(21)18-14-9-7-13(8-10-14)16(22)20-19-12(4)11(3)17(23)24-6-2/h7-11H,5-6H2,1-4H3,(H,18,21)(H,20,22)/t11-/m0/s1. The summed E-state index contributed by atoms with van der Waals surface area (Å²) in [6.07, 6.45) is 0.384. The van der Waals surface area contributed by atoms with Gasteiger partial charge in [0.2, 0.25) is 5.91 Å². The molecule has 1 aromatic carbocycles. The van der Waals surface area contributed by atoms with E-state index >= 15 is 0 Å². The molecule has 0 fully saturated rings. The van der Waals surface area contributed by atoms with Gasteiger partial charge >= 0.3 is 5.97 Å². The van der Waals surface area contributed by atoms with Crippen LogP contribution in [0.2, 0.25) is 0 Å². The second-order valence-corrected chi connectivity index (χ2v) is 5.15. The summed E-state index contributed by atoms with van der Waals surface area (Å²) in [4.78, 5) is 34.9. The number of rotatable bonds is 7. The number of anilines is 1. The second kappa shape index (κ2) is 9.44. The molecular weight excluding hydrogens is 310 g/mol. The lowest BCUT2D eigenvalue weighted by Crippen LogP contribution is -2.25. The number of nitrogens with one attached hydrogen (secondary N) is 2. The van der Waals surface area contributed by atoms with E-state index < -0.39 is 11.8 Å². The molecule has 7 heteroatoms. The van der Waals surface area contributed by atoms with Crippen LogP contribution in [-0.2, 0) is 14.3 Å². The number of esters is 1. The van der Waals surface area contributed by atoms with Crippen molar-refractivity contribution in [3.63, 3.8) is 0 Å². The lowest BCUT2D eigenvalue weighted by Gasteiger charge is -2.10. The van der Waals surface area contributed by atoms with Gasteiger partial charge < -0.3 is 10.1 Å². The first kappa shape index (κ1) is 19.3. The SMILES string of the molecule is CCOC(=O)[C@@H](C)C(C)=NNC(=O)c1ccc(NC(=O)CC)cc1. The molecule has 0 aliphatic heterocycles. The third kappa shape index (κ3) is 5.83. The number of hydrogen-bond acceptors (Lipinski definition) is 5. The smallest absolute Gasteiger partial charge is 0.314 e. The van der Waals surface area contributed by atoms with Gasteiger partial charge in [0.1, 0.15) is 0 Å². The summed E-state index contributed by atoms with van der Waals surface area (Å²) in [5.74, 6) is -1.42. The lowest BCUT2D eigenvalue weighted by molar-refractivity contribution is -0.145. The maximum absolute atomic E-state index is 12.0. The molecule has 1 rings (SSSR count). The maximum atomic E-state index is 12.0. The molecule has 1 aromatic rings. The molecule has 0 bridgehead atoms. The lowest BCUT2D eigenvalue weighted by atomic mass is 10.1. The molecule has 0 aliphatic carbocycles. The highest BCUT2D eigenvalue weighted by molar-refractivity contribution is 6.02. The Hall–Kier alpha value is -2.70. The molecule has 0 aliphatic rings. The van der Waals surface area contributed by atoms with Crippen molar-refractivity contribution < 1.29 is 19.1 Å². The topological polar surface area (TPSA) is 96.9 Å². The molecule has 2 N–H and O–H groups in total. The van der Waals surface area contributed by atoms with Gasteiger partial charge in [-0.15, -0.1) is 0 Å². The van der Waals surface area contributed by atoms with E-state index in [-0.39, 0.29) is 11.9 Å². The maximum Gasteiger partial charge on any atom is 0.314 e. The van der Waals surface area contributed by atoms with E-state index in [0.29, 0.717) is 30.0 Å². The van der Waals surface area contributed by atoms with Crippen LogP contribution < -0.4 is 10.7 Å². The van der Waals surface area contributed by atoms with Crippen LogP contribution in [0, 0.1) is 5.92 Å². The summed E-state index contributed by atoms with van der Waals surface area (Å²) >= 11 is 0. The Bertz CT molecular complexity index is 623. The largest absolute Gasteiger partial charge is 0.465 e. The fraction of sp³-hybridized carbons (Fsp3) is 0.412. The van der Waals surface area contributed by atoms with E-state index in [1.807, 2.05) is 0 Å². The second-order valence-electron chi connectivity index (χ2n) is 5.15. The zero-order valence-corrected chi connectivity index (χ0v) is 14.4. The van der Waals surface area contributed by atoms with E-state index in [4.69, 9.17) is 4.74 Å². The Kier molecular flexibility index (Phi) is 7.61. The molecule has 0 unspecified atom stereocenters. The first-order valence-electron chi connectivity index (χ1n) is 7.80. The Labute approximate surface area is 141 Å². The number of hydrogen-bond donors (Lipinski definition) is 2. The predicted octanol–water partition coefficient (Wildman–Crippen LogP) is 2.34. The van der Waals surface area contributed by atoms with Crippen LogP contribution in [0.15, 0.2) is 29.4 Å². The number of amides is 2. The van der Waals surface area contributed by atoms with Crippen LogP contribution in [-0.4, -0.2) is 30.1 Å². The van der Waals surface area contributed by atoms with Crippen molar-refractivity contribution in [1.82, 2.24) is 5.43 Å². The fourth-order valence-corrected chi connectivity index (χ4v) is 1.69.